The molecule has 0 saturated heterocycles. The Bertz CT molecular complexity index is 1260. The van der Waals surface area contributed by atoms with Crippen molar-refractivity contribution >= 4 is 37.5 Å². The number of nitrogens with one attached hydrogen (secondary N) is 1. The molecule has 1 amide bonds. The Hall–Kier alpha value is -2.38. The van der Waals surface area contributed by atoms with Crippen LogP contribution in [0.1, 0.15) is 15.9 Å². The maximum atomic E-state index is 13.9. The molecule has 2 aromatic rings. The van der Waals surface area contributed by atoms with Crippen LogP contribution in [-0.2, 0) is 26.0 Å². The summed E-state index contributed by atoms with van der Waals surface area (Å²) in [5.41, 5.74) is -2.25. The Morgan fingerprint density at radius 1 is 1.03 bits per heavy atom. The highest BCUT2D eigenvalue weighted by atomic mass is 32.3. The fourth-order valence-corrected chi connectivity index (χ4v) is 7.37. The van der Waals surface area contributed by atoms with E-state index in [2.05, 4.69) is 0 Å². The smallest absolute Gasteiger partial charge is 0.268 e. The minimum Gasteiger partial charge on any atom is -0.268 e. The summed E-state index contributed by atoms with van der Waals surface area (Å²) in [6.07, 6.45) is -3.88. The molecule has 1 unspecified atom stereocenters. The molecule has 1 N–H and O–H groups in total. The van der Waals surface area contributed by atoms with Gasteiger partial charge in [0.15, 0.2) is 9.84 Å². The quantitative estimate of drug-likeness (QED) is 0.640. The molecule has 0 aliphatic carbocycles. The molecular weight excluding hydrogens is 482 g/mol. The van der Waals surface area contributed by atoms with Crippen LogP contribution >= 0.6 is 11.8 Å². The van der Waals surface area contributed by atoms with Gasteiger partial charge in [0.05, 0.1) is 21.3 Å². The van der Waals surface area contributed by atoms with Crippen LogP contribution in [0.15, 0.2) is 63.7 Å². The molecule has 13 heteroatoms. The minimum absolute atomic E-state index is 0.00800. The second kappa shape index (κ2) is 8.28. The number of benzene rings is 2. The molecule has 0 bridgehead atoms. The summed E-state index contributed by atoms with van der Waals surface area (Å²) in [5.74, 6) is -3.17. The van der Waals surface area contributed by atoms with Crippen molar-refractivity contribution in [3.8, 4) is 0 Å². The van der Waals surface area contributed by atoms with Crippen molar-refractivity contribution in [3.05, 3.63) is 75.8 Å². The van der Waals surface area contributed by atoms with E-state index in [9.17, 15) is 39.2 Å². The molecule has 3 rings (SSSR count). The topological polar surface area (TPSA) is 97.4 Å². The van der Waals surface area contributed by atoms with Crippen molar-refractivity contribution in [2.75, 3.05) is 5.75 Å². The minimum atomic E-state index is -4.84. The number of carbonyl (C=O) groups excluding carboxylic acids is 1. The molecule has 1 aliphatic rings. The van der Waals surface area contributed by atoms with Crippen molar-refractivity contribution in [1.82, 2.24) is 4.72 Å². The zero-order valence-corrected chi connectivity index (χ0v) is 17.7. The van der Waals surface area contributed by atoms with Gasteiger partial charge in [-0.2, -0.15) is 13.2 Å². The third-order valence-corrected chi connectivity index (χ3v) is 9.53. The molecular formula is C18H13F4NO5S3. The van der Waals surface area contributed by atoms with Crippen LogP contribution in [0.2, 0.25) is 0 Å². The van der Waals surface area contributed by atoms with Gasteiger partial charge in [-0.05, 0) is 36.4 Å². The van der Waals surface area contributed by atoms with Crippen LogP contribution < -0.4 is 4.72 Å². The Kier molecular flexibility index (Phi) is 6.22. The Labute approximate surface area is 179 Å². The van der Waals surface area contributed by atoms with Crippen molar-refractivity contribution in [2.45, 2.75) is 16.3 Å². The highest BCUT2D eigenvalue weighted by Gasteiger charge is 2.36. The highest BCUT2D eigenvalue weighted by molar-refractivity contribution is 8.18. The second-order valence-electron chi connectivity index (χ2n) is 6.32. The molecule has 166 valence electrons. The van der Waals surface area contributed by atoms with Gasteiger partial charge in [-0.1, -0.05) is 18.2 Å². The number of alkyl halides is 3. The lowest BCUT2D eigenvalue weighted by Gasteiger charge is -2.10. The van der Waals surface area contributed by atoms with E-state index >= 15 is 0 Å². The van der Waals surface area contributed by atoms with Crippen LogP contribution in [0.25, 0.3) is 0 Å². The van der Waals surface area contributed by atoms with Gasteiger partial charge >= 0.3 is 6.18 Å². The van der Waals surface area contributed by atoms with E-state index in [1.807, 2.05) is 0 Å². The number of rotatable bonds is 5. The first kappa shape index (κ1) is 23.3. The number of sulfone groups is 1. The summed E-state index contributed by atoms with van der Waals surface area (Å²) < 4.78 is 103. The second-order valence-corrected chi connectivity index (χ2v) is 11.5. The molecule has 31 heavy (non-hydrogen) atoms. The third-order valence-electron chi connectivity index (χ3n) is 4.22. The summed E-state index contributed by atoms with van der Waals surface area (Å²) in [6, 6.07) is 8.38. The maximum Gasteiger partial charge on any atom is 0.416 e. The molecule has 0 saturated carbocycles. The van der Waals surface area contributed by atoms with E-state index in [0.717, 1.165) is 6.08 Å². The fraction of sp³-hybridized carbons (Fsp3) is 0.167. The summed E-state index contributed by atoms with van der Waals surface area (Å²) >= 11 is 0.663. The summed E-state index contributed by atoms with van der Waals surface area (Å²) in [5, 5.41) is -1.18. The van der Waals surface area contributed by atoms with Crippen LogP contribution in [0.5, 0.6) is 0 Å². The number of thioether (sulfide) groups is 1. The van der Waals surface area contributed by atoms with E-state index in [0.29, 0.717) is 23.9 Å². The van der Waals surface area contributed by atoms with Crippen LogP contribution in [0.3, 0.4) is 0 Å². The summed E-state index contributed by atoms with van der Waals surface area (Å²) in [4.78, 5) is 12.1. The van der Waals surface area contributed by atoms with Gasteiger partial charge in [0.1, 0.15) is 10.1 Å². The van der Waals surface area contributed by atoms with Gasteiger partial charge in [0, 0.05) is 5.75 Å². The fourth-order valence-electron chi connectivity index (χ4n) is 2.65. The normalized spacial score (nSPS) is 17.3. The zero-order chi connectivity index (χ0) is 23.0. The Morgan fingerprint density at radius 3 is 2.26 bits per heavy atom. The predicted molar refractivity (Wildman–Crippen MR) is 106 cm³/mol. The molecule has 0 aromatic heterocycles. The SMILES string of the molecule is O=C(NS(=O)(=O)C1=CC(S(=O)(=O)c2ccccc2)CS1)c1ccc(C(F)(F)F)cc1F. The number of halogens is 4. The average molecular weight is 495 g/mol. The van der Waals surface area contributed by atoms with Gasteiger partial charge in [-0.25, -0.2) is 25.9 Å². The summed E-state index contributed by atoms with van der Waals surface area (Å²) in [6.45, 7) is 0. The number of amides is 1. The first-order valence-corrected chi connectivity index (χ1v) is 12.4. The molecule has 1 heterocycles. The lowest BCUT2D eigenvalue weighted by molar-refractivity contribution is -0.137. The Balaban J connectivity index is 1.81. The predicted octanol–water partition coefficient (Wildman–Crippen LogP) is 3.33. The van der Waals surface area contributed by atoms with Crippen molar-refractivity contribution in [3.63, 3.8) is 0 Å². The van der Waals surface area contributed by atoms with Gasteiger partial charge in [0.25, 0.3) is 15.9 Å². The molecule has 0 radical (unpaired) electrons. The lowest BCUT2D eigenvalue weighted by atomic mass is 10.1. The third kappa shape index (κ3) is 4.93. The van der Waals surface area contributed by atoms with Gasteiger partial charge in [-0.3, -0.25) is 4.79 Å². The van der Waals surface area contributed by atoms with Crippen molar-refractivity contribution in [2.24, 2.45) is 0 Å². The molecule has 6 nitrogen and oxygen atoms in total. The zero-order valence-electron chi connectivity index (χ0n) is 15.3. The largest absolute Gasteiger partial charge is 0.416 e. The molecule has 0 spiro atoms. The maximum absolute atomic E-state index is 13.9. The van der Waals surface area contributed by atoms with Gasteiger partial charge < -0.3 is 0 Å². The number of carbonyl (C=O) groups is 1. The Morgan fingerprint density at radius 2 is 1.68 bits per heavy atom. The van der Waals surface area contributed by atoms with E-state index < -0.39 is 58.4 Å². The van der Waals surface area contributed by atoms with E-state index in [4.69, 9.17) is 0 Å². The standard InChI is InChI=1S/C18H13F4NO5S3/c19-15-8-11(18(20,21)22)6-7-14(15)17(24)23-31(27,28)16-9-13(10-29-16)30(25,26)12-4-2-1-3-5-12/h1-9,13H,10H2,(H,23,24). The molecule has 1 atom stereocenters. The van der Waals surface area contributed by atoms with Crippen LogP contribution in [0.4, 0.5) is 17.6 Å². The lowest BCUT2D eigenvalue weighted by Crippen LogP contribution is -2.31. The number of hydrogen-bond acceptors (Lipinski definition) is 6. The molecule has 2 aromatic carbocycles. The number of hydrogen-bond donors (Lipinski definition) is 1. The number of sulfonamides is 1. The molecule has 1 aliphatic heterocycles. The first-order valence-electron chi connectivity index (χ1n) is 8.40. The van der Waals surface area contributed by atoms with Crippen LogP contribution in [-0.4, -0.2) is 33.7 Å². The van der Waals surface area contributed by atoms with E-state index in [-0.39, 0.29) is 16.7 Å². The van der Waals surface area contributed by atoms with E-state index in [1.54, 1.807) is 10.8 Å². The highest BCUT2D eigenvalue weighted by Crippen LogP contribution is 2.35. The van der Waals surface area contributed by atoms with Gasteiger partial charge in [0.2, 0.25) is 0 Å². The monoisotopic (exact) mass is 495 g/mol. The summed E-state index contributed by atoms with van der Waals surface area (Å²) in [7, 11) is -8.45. The van der Waals surface area contributed by atoms with Crippen molar-refractivity contribution in [1.29, 1.82) is 0 Å². The average Bonchev–Trinajstić information content (AvgIpc) is 3.19. The molecule has 0 fully saturated rings. The van der Waals surface area contributed by atoms with Crippen molar-refractivity contribution < 1.29 is 39.2 Å². The first-order chi connectivity index (χ1) is 14.3. The van der Waals surface area contributed by atoms with Crippen LogP contribution in [0, 0.1) is 5.82 Å². The van der Waals surface area contributed by atoms with Gasteiger partial charge in [-0.15, -0.1) is 11.8 Å². The van der Waals surface area contributed by atoms with E-state index in [1.165, 1.54) is 24.3 Å².